The summed E-state index contributed by atoms with van der Waals surface area (Å²) >= 11 is 5.80. The molecule has 0 spiro atoms. The topological polar surface area (TPSA) is 86.7 Å². The highest BCUT2D eigenvalue weighted by Gasteiger charge is 2.33. The van der Waals surface area contributed by atoms with Gasteiger partial charge in [-0.25, -0.2) is 0 Å². The Bertz CT molecular complexity index is 876. The number of anilines is 1. The van der Waals surface area contributed by atoms with Gasteiger partial charge in [-0.1, -0.05) is 42.5 Å². The Balaban J connectivity index is 1.74. The number of para-hydroxylation sites is 1. The molecule has 28 heavy (non-hydrogen) atoms. The van der Waals surface area contributed by atoms with Gasteiger partial charge in [0.2, 0.25) is 5.91 Å². The first-order valence-electron chi connectivity index (χ1n) is 8.73. The highest BCUT2D eigenvalue weighted by molar-refractivity contribution is 7.99. The van der Waals surface area contributed by atoms with Crippen LogP contribution in [-0.4, -0.2) is 46.5 Å². The lowest BCUT2D eigenvalue weighted by atomic mass is 10.1. The zero-order valence-electron chi connectivity index (χ0n) is 14.9. The number of benzene rings is 2. The number of thioether (sulfide) groups is 1. The summed E-state index contributed by atoms with van der Waals surface area (Å²) < 4.78 is 0. The van der Waals surface area contributed by atoms with E-state index in [0.717, 1.165) is 10.5 Å². The summed E-state index contributed by atoms with van der Waals surface area (Å²) in [6, 6.07) is 15.8. The van der Waals surface area contributed by atoms with Gasteiger partial charge in [0.15, 0.2) is 0 Å². The van der Waals surface area contributed by atoms with Crippen LogP contribution < -0.4 is 10.2 Å². The van der Waals surface area contributed by atoms with Gasteiger partial charge in [-0.15, -0.1) is 11.8 Å². The van der Waals surface area contributed by atoms with Crippen LogP contribution in [0.4, 0.5) is 5.69 Å². The van der Waals surface area contributed by atoms with E-state index >= 15 is 0 Å². The standard InChI is InChI=1S/C20H20N2O4S2/c23-18(24)11-22-15-8-4-5-9-17(15)28-12-14(20(22)26)21-19(25)16(27)10-13-6-2-1-3-7-13/h1-9,14,16,27H,10-12H2,(H,21,25)(H,23,24)/t14-,16-/m0/s1. The number of hydrogen-bond donors (Lipinski definition) is 3. The number of amides is 2. The number of carbonyl (C=O) groups is 3. The van der Waals surface area contributed by atoms with Gasteiger partial charge in [-0.3, -0.25) is 19.3 Å². The van der Waals surface area contributed by atoms with E-state index in [1.807, 2.05) is 42.5 Å². The Morgan fingerprint density at radius 3 is 2.57 bits per heavy atom. The second-order valence-corrected chi connectivity index (χ2v) is 8.05. The molecule has 3 rings (SSSR count). The van der Waals surface area contributed by atoms with Crippen LogP contribution in [0.2, 0.25) is 0 Å². The number of nitrogens with one attached hydrogen (secondary N) is 1. The number of fused-ring (bicyclic) bond motifs is 1. The van der Waals surface area contributed by atoms with Crippen molar-refractivity contribution >= 4 is 47.9 Å². The maximum Gasteiger partial charge on any atom is 0.323 e. The van der Waals surface area contributed by atoms with Crippen LogP contribution in [0, 0.1) is 0 Å². The fraction of sp³-hybridized carbons (Fsp3) is 0.250. The smallest absolute Gasteiger partial charge is 0.323 e. The van der Waals surface area contributed by atoms with E-state index in [4.69, 9.17) is 0 Å². The molecular weight excluding hydrogens is 396 g/mol. The Hall–Kier alpha value is -2.45. The van der Waals surface area contributed by atoms with E-state index in [9.17, 15) is 19.5 Å². The Morgan fingerprint density at radius 1 is 1.18 bits per heavy atom. The van der Waals surface area contributed by atoms with E-state index in [-0.39, 0.29) is 5.91 Å². The zero-order valence-corrected chi connectivity index (χ0v) is 16.7. The van der Waals surface area contributed by atoms with Gasteiger partial charge < -0.3 is 10.4 Å². The van der Waals surface area contributed by atoms with Gasteiger partial charge in [0.25, 0.3) is 5.91 Å². The van der Waals surface area contributed by atoms with Crippen molar-refractivity contribution in [1.82, 2.24) is 5.32 Å². The molecule has 2 aromatic rings. The molecule has 0 saturated heterocycles. The van der Waals surface area contributed by atoms with Gasteiger partial charge in [0, 0.05) is 10.6 Å². The molecule has 1 heterocycles. The van der Waals surface area contributed by atoms with Crippen LogP contribution in [0.25, 0.3) is 0 Å². The van der Waals surface area contributed by atoms with Gasteiger partial charge in [-0.05, 0) is 24.1 Å². The average molecular weight is 417 g/mol. The highest BCUT2D eigenvalue weighted by atomic mass is 32.2. The van der Waals surface area contributed by atoms with E-state index in [1.54, 1.807) is 12.1 Å². The molecule has 0 fully saturated rings. The maximum absolute atomic E-state index is 13.0. The first kappa shape index (κ1) is 20.3. The molecule has 8 heteroatoms. The Labute approximate surface area is 172 Å². The summed E-state index contributed by atoms with van der Waals surface area (Å²) in [7, 11) is 0. The van der Waals surface area contributed by atoms with Crippen LogP contribution in [0.5, 0.6) is 0 Å². The Kier molecular flexibility index (Phi) is 6.64. The van der Waals surface area contributed by atoms with Crippen molar-refractivity contribution in [2.24, 2.45) is 0 Å². The second kappa shape index (κ2) is 9.16. The van der Waals surface area contributed by atoms with E-state index < -0.39 is 29.7 Å². The number of carbonyl (C=O) groups excluding carboxylic acids is 2. The summed E-state index contributed by atoms with van der Waals surface area (Å²) in [4.78, 5) is 38.9. The number of carboxylic acid groups (broad SMARTS) is 1. The van der Waals surface area contributed by atoms with E-state index in [1.165, 1.54) is 16.7 Å². The van der Waals surface area contributed by atoms with Gasteiger partial charge in [0.1, 0.15) is 12.6 Å². The quantitative estimate of drug-likeness (QED) is 0.629. The SMILES string of the molecule is O=C(O)CN1C(=O)[C@@H](NC(=O)[C@@H](S)Cc2ccccc2)CSc2ccccc21. The lowest BCUT2D eigenvalue weighted by molar-refractivity contribution is -0.136. The van der Waals surface area contributed by atoms with Gasteiger partial charge in [0.05, 0.1) is 10.9 Å². The number of aliphatic carboxylic acids is 1. The zero-order chi connectivity index (χ0) is 20.1. The molecule has 0 bridgehead atoms. The predicted octanol–water partition coefficient (Wildman–Crippen LogP) is 2.24. The molecular formula is C20H20N2O4S2. The molecule has 2 aromatic carbocycles. The van der Waals surface area contributed by atoms with Crippen molar-refractivity contribution in [1.29, 1.82) is 0 Å². The molecule has 1 aliphatic heterocycles. The molecule has 2 atom stereocenters. The molecule has 0 radical (unpaired) electrons. The monoisotopic (exact) mass is 416 g/mol. The molecule has 2 amide bonds. The van der Waals surface area contributed by atoms with Crippen molar-refractivity contribution < 1.29 is 19.5 Å². The minimum atomic E-state index is -1.11. The van der Waals surface area contributed by atoms with Crippen molar-refractivity contribution in [3.05, 3.63) is 60.2 Å². The van der Waals surface area contributed by atoms with E-state index in [2.05, 4.69) is 17.9 Å². The Morgan fingerprint density at radius 2 is 1.86 bits per heavy atom. The van der Waals surface area contributed by atoms with Gasteiger partial charge >= 0.3 is 5.97 Å². The predicted molar refractivity (Wildman–Crippen MR) is 112 cm³/mol. The van der Waals surface area contributed by atoms with E-state index in [0.29, 0.717) is 17.9 Å². The van der Waals surface area contributed by atoms with Crippen molar-refractivity contribution in [2.75, 3.05) is 17.2 Å². The number of hydrogen-bond acceptors (Lipinski definition) is 5. The molecule has 146 valence electrons. The first-order valence-corrected chi connectivity index (χ1v) is 10.2. The third-order valence-corrected chi connectivity index (χ3v) is 5.88. The van der Waals surface area contributed by atoms with Crippen LogP contribution >= 0.6 is 24.4 Å². The molecule has 0 unspecified atom stereocenters. The number of carboxylic acids is 1. The van der Waals surface area contributed by atoms with Crippen molar-refractivity contribution in [2.45, 2.75) is 22.6 Å². The number of rotatable bonds is 6. The summed E-state index contributed by atoms with van der Waals surface area (Å²) in [5, 5.41) is 11.4. The summed E-state index contributed by atoms with van der Waals surface area (Å²) in [5.74, 6) is -1.58. The third kappa shape index (κ3) is 4.88. The molecule has 2 N–H and O–H groups in total. The summed E-state index contributed by atoms with van der Waals surface area (Å²) in [6.07, 6.45) is 0.433. The molecule has 1 aliphatic rings. The second-order valence-electron chi connectivity index (χ2n) is 6.36. The average Bonchev–Trinajstić information content (AvgIpc) is 2.81. The summed E-state index contributed by atoms with van der Waals surface area (Å²) in [5.41, 5.74) is 1.52. The normalized spacial score (nSPS) is 17.4. The largest absolute Gasteiger partial charge is 0.480 e. The molecule has 6 nitrogen and oxygen atoms in total. The number of thiol groups is 1. The molecule has 0 aromatic heterocycles. The van der Waals surface area contributed by atoms with Crippen LogP contribution in [-0.2, 0) is 20.8 Å². The molecule has 0 aliphatic carbocycles. The third-order valence-electron chi connectivity index (χ3n) is 4.31. The fourth-order valence-electron chi connectivity index (χ4n) is 2.95. The lowest BCUT2D eigenvalue weighted by Gasteiger charge is -2.25. The van der Waals surface area contributed by atoms with Crippen LogP contribution in [0.15, 0.2) is 59.5 Å². The molecule has 0 saturated carbocycles. The van der Waals surface area contributed by atoms with Crippen LogP contribution in [0.1, 0.15) is 5.56 Å². The minimum absolute atomic E-state index is 0.323. The first-order chi connectivity index (χ1) is 13.5. The fourth-order valence-corrected chi connectivity index (χ4v) is 4.31. The van der Waals surface area contributed by atoms with Crippen molar-refractivity contribution in [3.8, 4) is 0 Å². The van der Waals surface area contributed by atoms with Gasteiger partial charge in [-0.2, -0.15) is 12.6 Å². The lowest BCUT2D eigenvalue weighted by Crippen LogP contribution is -2.52. The minimum Gasteiger partial charge on any atom is -0.480 e. The van der Waals surface area contributed by atoms with Crippen LogP contribution in [0.3, 0.4) is 0 Å². The maximum atomic E-state index is 13.0. The number of nitrogens with zero attached hydrogens (tertiary/aromatic N) is 1. The van der Waals surface area contributed by atoms with Crippen molar-refractivity contribution in [3.63, 3.8) is 0 Å². The highest BCUT2D eigenvalue weighted by Crippen LogP contribution is 2.34. The summed E-state index contributed by atoms with van der Waals surface area (Å²) in [6.45, 7) is -0.461.